The second kappa shape index (κ2) is 8.01. The second-order valence-corrected chi connectivity index (χ2v) is 8.61. The summed E-state index contributed by atoms with van der Waals surface area (Å²) < 4.78 is 1.81. The summed E-state index contributed by atoms with van der Waals surface area (Å²) >= 11 is 1.52. The Morgan fingerprint density at radius 2 is 1.74 bits per heavy atom. The van der Waals surface area contributed by atoms with Gasteiger partial charge in [-0.05, 0) is 31.2 Å². The van der Waals surface area contributed by atoms with Crippen LogP contribution < -0.4 is 5.32 Å². The largest absolute Gasteiger partial charge is 0.310 e. The van der Waals surface area contributed by atoms with Gasteiger partial charge in [-0.2, -0.15) is 5.10 Å². The minimum Gasteiger partial charge on any atom is -0.310 e. The number of amides is 1. The third kappa shape index (κ3) is 5.01. The number of benzene rings is 2. The first-order valence-corrected chi connectivity index (χ1v) is 9.97. The fraction of sp³-hybridized carbons (Fsp3) is 0.273. The summed E-state index contributed by atoms with van der Waals surface area (Å²) in [5, 5.41) is 7.77. The van der Waals surface area contributed by atoms with Crippen LogP contribution in [0.3, 0.4) is 0 Å². The number of aryl methyl sites for hydroxylation is 1. The van der Waals surface area contributed by atoms with Crippen molar-refractivity contribution in [3.63, 3.8) is 0 Å². The number of carbonyl (C=O) groups is 1. The van der Waals surface area contributed by atoms with Gasteiger partial charge in [-0.15, -0.1) is 11.8 Å². The molecule has 0 aliphatic rings. The third-order valence-corrected chi connectivity index (χ3v) is 5.15. The van der Waals surface area contributed by atoms with Gasteiger partial charge in [0, 0.05) is 16.4 Å². The zero-order valence-corrected chi connectivity index (χ0v) is 17.0. The highest BCUT2D eigenvalue weighted by Gasteiger charge is 2.21. The van der Waals surface area contributed by atoms with E-state index in [1.54, 1.807) is 0 Å². The van der Waals surface area contributed by atoms with E-state index in [0.29, 0.717) is 11.6 Å². The number of carbonyl (C=O) groups excluding carboxylic acids is 1. The topological polar surface area (TPSA) is 46.9 Å². The molecule has 0 unspecified atom stereocenters. The molecule has 0 spiro atoms. The quantitative estimate of drug-likeness (QED) is 0.619. The van der Waals surface area contributed by atoms with Gasteiger partial charge in [-0.1, -0.05) is 56.7 Å². The van der Waals surface area contributed by atoms with Crippen molar-refractivity contribution in [1.82, 2.24) is 9.78 Å². The van der Waals surface area contributed by atoms with Crippen molar-refractivity contribution in [2.45, 2.75) is 38.0 Å². The smallest absolute Gasteiger partial charge is 0.235 e. The molecular formula is C22H25N3OS. The van der Waals surface area contributed by atoms with Crippen LogP contribution in [0.1, 0.15) is 32.0 Å². The van der Waals surface area contributed by atoms with Crippen molar-refractivity contribution in [2.24, 2.45) is 0 Å². The highest BCUT2D eigenvalue weighted by molar-refractivity contribution is 8.00. The predicted octanol–water partition coefficient (Wildman–Crippen LogP) is 5.21. The van der Waals surface area contributed by atoms with Gasteiger partial charge < -0.3 is 5.32 Å². The Morgan fingerprint density at radius 1 is 1.07 bits per heavy atom. The predicted molar refractivity (Wildman–Crippen MR) is 113 cm³/mol. The number of nitrogens with zero attached hydrogens (tertiary/aromatic N) is 2. The van der Waals surface area contributed by atoms with Crippen LogP contribution >= 0.6 is 11.8 Å². The first kappa shape index (κ1) is 19.2. The van der Waals surface area contributed by atoms with Crippen molar-refractivity contribution in [1.29, 1.82) is 0 Å². The number of thioether (sulfide) groups is 1. The molecule has 1 amide bonds. The van der Waals surface area contributed by atoms with E-state index in [2.05, 4.69) is 33.0 Å². The molecule has 0 aliphatic heterocycles. The summed E-state index contributed by atoms with van der Waals surface area (Å²) in [6.45, 7) is 8.40. The lowest BCUT2D eigenvalue weighted by Crippen LogP contribution is -2.17. The van der Waals surface area contributed by atoms with Gasteiger partial charge >= 0.3 is 0 Å². The molecule has 0 saturated carbocycles. The first-order valence-electron chi connectivity index (χ1n) is 8.98. The van der Waals surface area contributed by atoms with Crippen LogP contribution in [-0.2, 0) is 10.2 Å². The van der Waals surface area contributed by atoms with Crippen LogP contribution in [0.2, 0.25) is 0 Å². The van der Waals surface area contributed by atoms with Gasteiger partial charge in [0.1, 0.15) is 5.82 Å². The molecule has 1 heterocycles. The number of hydrogen-bond acceptors (Lipinski definition) is 3. The molecule has 0 radical (unpaired) electrons. The van der Waals surface area contributed by atoms with Crippen LogP contribution in [0.5, 0.6) is 0 Å². The highest BCUT2D eigenvalue weighted by Crippen LogP contribution is 2.27. The molecule has 5 heteroatoms. The summed E-state index contributed by atoms with van der Waals surface area (Å²) in [4.78, 5) is 13.6. The van der Waals surface area contributed by atoms with E-state index in [-0.39, 0.29) is 11.3 Å². The molecule has 3 rings (SSSR count). The van der Waals surface area contributed by atoms with Crippen LogP contribution in [0, 0.1) is 6.92 Å². The summed E-state index contributed by atoms with van der Waals surface area (Å²) in [5.74, 6) is 1.01. The van der Waals surface area contributed by atoms with E-state index < -0.39 is 0 Å². The van der Waals surface area contributed by atoms with E-state index in [0.717, 1.165) is 16.3 Å². The SMILES string of the molecule is Cc1ccc(-n2nc(C(C)(C)C)cc2NC(=O)CSc2ccccc2)cc1. The van der Waals surface area contributed by atoms with Crippen molar-refractivity contribution < 1.29 is 4.79 Å². The van der Waals surface area contributed by atoms with Gasteiger partial charge in [0.15, 0.2) is 0 Å². The molecule has 0 saturated heterocycles. The fourth-order valence-electron chi connectivity index (χ4n) is 2.56. The van der Waals surface area contributed by atoms with Gasteiger partial charge in [0.2, 0.25) is 5.91 Å². The van der Waals surface area contributed by atoms with E-state index in [4.69, 9.17) is 5.10 Å². The van der Waals surface area contributed by atoms with Crippen molar-refractivity contribution in [3.8, 4) is 5.69 Å². The number of nitrogens with one attached hydrogen (secondary N) is 1. The molecule has 27 heavy (non-hydrogen) atoms. The second-order valence-electron chi connectivity index (χ2n) is 7.56. The molecule has 140 valence electrons. The van der Waals surface area contributed by atoms with Crippen LogP contribution in [0.4, 0.5) is 5.82 Å². The molecule has 3 aromatic rings. The van der Waals surface area contributed by atoms with E-state index in [1.165, 1.54) is 17.3 Å². The number of anilines is 1. The van der Waals surface area contributed by atoms with Crippen molar-refractivity contribution in [2.75, 3.05) is 11.1 Å². The standard InChI is InChI=1S/C22H25N3OS/c1-16-10-12-17(13-11-16)25-20(14-19(24-25)22(2,3)4)23-21(26)15-27-18-8-6-5-7-9-18/h5-14H,15H2,1-4H3,(H,23,26). The van der Waals surface area contributed by atoms with Crippen LogP contribution in [0.25, 0.3) is 5.69 Å². The van der Waals surface area contributed by atoms with Crippen LogP contribution in [-0.4, -0.2) is 21.4 Å². The number of aromatic nitrogens is 2. The Morgan fingerprint density at radius 3 is 2.37 bits per heavy atom. The van der Waals surface area contributed by atoms with Gasteiger partial charge in [-0.25, -0.2) is 4.68 Å². The van der Waals surface area contributed by atoms with Gasteiger partial charge in [-0.3, -0.25) is 4.79 Å². The molecule has 0 bridgehead atoms. The lowest BCUT2D eigenvalue weighted by Gasteiger charge is -2.14. The molecule has 4 nitrogen and oxygen atoms in total. The number of hydrogen-bond donors (Lipinski definition) is 1. The fourth-order valence-corrected chi connectivity index (χ4v) is 3.28. The number of rotatable bonds is 5. The normalized spacial score (nSPS) is 11.4. The molecule has 1 aromatic heterocycles. The maximum absolute atomic E-state index is 12.5. The van der Waals surface area contributed by atoms with E-state index in [1.807, 2.05) is 65.3 Å². The Kier molecular flexibility index (Phi) is 5.71. The summed E-state index contributed by atoms with van der Waals surface area (Å²) in [5.41, 5.74) is 2.96. The average Bonchev–Trinajstić information content (AvgIpc) is 3.06. The first-order chi connectivity index (χ1) is 12.8. The summed E-state index contributed by atoms with van der Waals surface area (Å²) in [7, 11) is 0. The molecule has 1 N–H and O–H groups in total. The Hall–Kier alpha value is -2.53. The van der Waals surface area contributed by atoms with Crippen molar-refractivity contribution in [3.05, 3.63) is 71.9 Å². The molecule has 2 aromatic carbocycles. The van der Waals surface area contributed by atoms with E-state index >= 15 is 0 Å². The Labute approximate surface area is 165 Å². The van der Waals surface area contributed by atoms with Crippen molar-refractivity contribution >= 4 is 23.5 Å². The monoisotopic (exact) mass is 379 g/mol. The Bertz CT molecular complexity index is 909. The van der Waals surface area contributed by atoms with Gasteiger partial charge in [0.25, 0.3) is 0 Å². The highest BCUT2D eigenvalue weighted by atomic mass is 32.2. The molecule has 0 aliphatic carbocycles. The Balaban J connectivity index is 1.81. The average molecular weight is 380 g/mol. The zero-order valence-electron chi connectivity index (χ0n) is 16.2. The maximum Gasteiger partial charge on any atom is 0.235 e. The minimum atomic E-state index is -0.103. The summed E-state index contributed by atoms with van der Waals surface area (Å²) in [6.07, 6.45) is 0. The minimum absolute atomic E-state index is 0.0439. The molecule has 0 fully saturated rings. The lowest BCUT2D eigenvalue weighted by molar-refractivity contribution is -0.113. The maximum atomic E-state index is 12.5. The summed E-state index contributed by atoms with van der Waals surface area (Å²) in [6, 6.07) is 20.0. The zero-order chi connectivity index (χ0) is 19.4. The molecule has 0 atom stereocenters. The third-order valence-electron chi connectivity index (χ3n) is 4.14. The van der Waals surface area contributed by atoms with Gasteiger partial charge in [0.05, 0.1) is 17.1 Å². The van der Waals surface area contributed by atoms with E-state index in [9.17, 15) is 4.79 Å². The lowest BCUT2D eigenvalue weighted by atomic mass is 9.92. The molecular weight excluding hydrogens is 354 g/mol. The van der Waals surface area contributed by atoms with Crippen LogP contribution in [0.15, 0.2) is 65.6 Å².